The van der Waals surface area contributed by atoms with E-state index in [2.05, 4.69) is 31.4 Å². The van der Waals surface area contributed by atoms with Crippen LogP contribution < -0.4 is 16.4 Å². The third-order valence-electron chi connectivity index (χ3n) is 3.41. The number of nitrogens with two attached hydrogens (primary N) is 1. The number of carbonyl (C=O) groups is 2. The summed E-state index contributed by atoms with van der Waals surface area (Å²) in [5, 5.41) is 4.88. The van der Waals surface area contributed by atoms with Gasteiger partial charge >= 0.3 is 6.03 Å². The van der Waals surface area contributed by atoms with Crippen LogP contribution in [0.1, 0.15) is 36.7 Å². The molecule has 0 aliphatic carbocycles. The maximum atomic E-state index is 12.1. The van der Waals surface area contributed by atoms with Crippen LogP contribution >= 0.6 is 12.4 Å². The molecule has 2 rings (SSSR count). The molecule has 3 amide bonds. The van der Waals surface area contributed by atoms with Crippen molar-refractivity contribution in [1.29, 1.82) is 0 Å². The number of nitrogens with one attached hydrogen (secondary N) is 2. The number of hydrogen-bond acceptors (Lipinski definition) is 3. The first kappa shape index (κ1) is 19.5. The van der Waals surface area contributed by atoms with Gasteiger partial charge in [0.25, 0.3) is 5.91 Å². The summed E-state index contributed by atoms with van der Waals surface area (Å²) < 4.78 is 0. The van der Waals surface area contributed by atoms with E-state index in [4.69, 9.17) is 5.73 Å². The lowest BCUT2D eigenvalue weighted by molar-refractivity contribution is 0.0967. The number of rotatable bonds is 2. The average Bonchev–Trinajstić information content (AvgIpc) is 2.49. The number of carbonyl (C=O) groups excluding carboxylic acids is 2. The van der Waals surface area contributed by atoms with Crippen LogP contribution in [0.25, 0.3) is 0 Å². The van der Waals surface area contributed by atoms with Gasteiger partial charge in [0.1, 0.15) is 0 Å². The van der Waals surface area contributed by atoms with Crippen LogP contribution in [0.2, 0.25) is 0 Å². The molecule has 2 aromatic rings. The summed E-state index contributed by atoms with van der Waals surface area (Å²) in [5.41, 5.74) is 8.32. The highest BCUT2D eigenvalue weighted by molar-refractivity contribution is 6.08. The fraction of sp³-hybridized carbons (Fsp3) is 0.222. The number of hydrogen-bond donors (Lipinski definition) is 3. The number of urea groups is 1. The Bertz CT molecular complexity index is 705. The summed E-state index contributed by atoms with van der Waals surface area (Å²) in [7, 11) is 0. The first-order valence-electron chi connectivity index (χ1n) is 7.34. The molecular weight excluding hydrogens is 326 g/mol. The normalized spacial score (nSPS) is 10.5. The summed E-state index contributed by atoms with van der Waals surface area (Å²) in [6, 6.07) is 13.3. The van der Waals surface area contributed by atoms with Gasteiger partial charge < -0.3 is 11.1 Å². The van der Waals surface area contributed by atoms with E-state index in [0.717, 1.165) is 5.56 Å². The Morgan fingerprint density at radius 3 is 1.96 bits per heavy atom. The van der Waals surface area contributed by atoms with E-state index >= 15 is 0 Å². The van der Waals surface area contributed by atoms with Crippen LogP contribution in [0.4, 0.5) is 16.2 Å². The number of benzene rings is 2. The first-order valence-corrected chi connectivity index (χ1v) is 7.34. The van der Waals surface area contributed by atoms with Crippen LogP contribution in [0.15, 0.2) is 48.5 Å². The molecule has 0 atom stereocenters. The molecule has 0 aliphatic heterocycles. The predicted octanol–water partition coefficient (Wildman–Crippen LogP) is 3.95. The lowest BCUT2D eigenvalue weighted by atomic mass is 9.87. The van der Waals surface area contributed by atoms with E-state index in [1.807, 2.05) is 12.1 Å². The maximum Gasteiger partial charge on any atom is 0.326 e. The Morgan fingerprint density at radius 2 is 1.46 bits per heavy atom. The van der Waals surface area contributed by atoms with Crippen molar-refractivity contribution >= 4 is 35.7 Å². The molecule has 0 aliphatic rings. The van der Waals surface area contributed by atoms with E-state index in [9.17, 15) is 9.59 Å². The molecule has 0 unspecified atom stereocenters. The van der Waals surface area contributed by atoms with Crippen molar-refractivity contribution in [3.8, 4) is 0 Å². The van der Waals surface area contributed by atoms with E-state index in [1.165, 1.54) is 0 Å². The Balaban J connectivity index is 0.00000288. The molecule has 0 aromatic heterocycles. The van der Waals surface area contributed by atoms with E-state index in [-0.39, 0.29) is 17.8 Å². The molecule has 4 N–H and O–H groups in total. The molecule has 0 fully saturated rings. The molecule has 0 saturated heterocycles. The SMILES string of the molecule is CC(C)(C)c1ccc(C(=O)NC(=O)Nc2ccc(N)cc2)cc1.Cl. The summed E-state index contributed by atoms with van der Waals surface area (Å²) >= 11 is 0. The van der Waals surface area contributed by atoms with Crippen molar-refractivity contribution in [2.75, 3.05) is 11.1 Å². The Morgan fingerprint density at radius 1 is 0.917 bits per heavy atom. The number of anilines is 2. The highest BCUT2D eigenvalue weighted by atomic mass is 35.5. The van der Waals surface area contributed by atoms with Crippen LogP contribution in [-0.4, -0.2) is 11.9 Å². The Hall–Kier alpha value is -2.53. The molecule has 0 saturated carbocycles. The molecule has 128 valence electrons. The van der Waals surface area contributed by atoms with Gasteiger partial charge in [-0.25, -0.2) is 4.79 Å². The zero-order chi connectivity index (χ0) is 17.0. The number of nitrogen functional groups attached to an aromatic ring is 1. The summed E-state index contributed by atoms with van der Waals surface area (Å²) in [5.74, 6) is -0.446. The Labute approximate surface area is 148 Å². The van der Waals surface area contributed by atoms with Crippen molar-refractivity contribution in [3.05, 3.63) is 59.7 Å². The molecule has 5 nitrogen and oxygen atoms in total. The molecule has 0 bridgehead atoms. The molecular formula is C18H22ClN3O2. The third kappa shape index (κ3) is 5.28. The second-order valence-electron chi connectivity index (χ2n) is 6.36. The molecule has 0 spiro atoms. The Kier molecular flexibility index (Phi) is 6.37. The van der Waals surface area contributed by atoms with Crippen molar-refractivity contribution in [2.24, 2.45) is 0 Å². The summed E-state index contributed by atoms with van der Waals surface area (Å²) in [4.78, 5) is 23.9. The number of imide groups is 1. The average molecular weight is 348 g/mol. The maximum absolute atomic E-state index is 12.1. The van der Waals surface area contributed by atoms with Gasteiger partial charge in [0.15, 0.2) is 0 Å². The van der Waals surface area contributed by atoms with Gasteiger partial charge in [-0.15, -0.1) is 12.4 Å². The third-order valence-corrected chi connectivity index (χ3v) is 3.41. The minimum atomic E-state index is -0.584. The molecule has 6 heteroatoms. The van der Waals surface area contributed by atoms with Gasteiger partial charge in [0.2, 0.25) is 0 Å². The van der Waals surface area contributed by atoms with E-state index in [0.29, 0.717) is 16.9 Å². The van der Waals surface area contributed by atoms with E-state index < -0.39 is 11.9 Å². The fourth-order valence-corrected chi connectivity index (χ4v) is 2.03. The fourth-order valence-electron chi connectivity index (χ4n) is 2.03. The highest BCUT2D eigenvalue weighted by Crippen LogP contribution is 2.22. The van der Waals surface area contributed by atoms with Gasteiger partial charge in [0, 0.05) is 16.9 Å². The quantitative estimate of drug-likeness (QED) is 0.719. The summed E-state index contributed by atoms with van der Waals surface area (Å²) in [6.45, 7) is 6.30. The van der Waals surface area contributed by atoms with Crippen LogP contribution in [-0.2, 0) is 5.41 Å². The second-order valence-corrected chi connectivity index (χ2v) is 6.36. The van der Waals surface area contributed by atoms with Gasteiger partial charge in [0.05, 0.1) is 0 Å². The van der Waals surface area contributed by atoms with Gasteiger partial charge in [-0.1, -0.05) is 32.9 Å². The molecule has 0 heterocycles. The predicted molar refractivity (Wildman–Crippen MR) is 99.7 cm³/mol. The number of halogens is 1. The molecule has 24 heavy (non-hydrogen) atoms. The minimum Gasteiger partial charge on any atom is -0.399 e. The zero-order valence-corrected chi connectivity index (χ0v) is 14.7. The topological polar surface area (TPSA) is 84.2 Å². The van der Waals surface area contributed by atoms with Crippen LogP contribution in [0.5, 0.6) is 0 Å². The van der Waals surface area contributed by atoms with Crippen molar-refractivity contribution in [3.63, 3.8) is 0 Å². The van der Waals surface area contributed by atoms with Gasteiger partial charge in [-0.3, -0.25) is 10.1 Å². The largest absolute Gasteiger partial charge is 0.399 e. The van der Waals surface area contributed by atoms with Gasteiger partial charge in [-0.05, 0) is 47.4 Å². The van der Waals surface area contributed by atoms with Crippen molar-refractivity contribution < 1.29 is 9.59 Å². The highest BCUT2D eigenvalue weighted by Gasteiger charge is 2.15. The van der Waals surface area contributed by atoms with Crippen molar-refractivity contribution in [2.45, 2.75) is 26.2 Å². The van der Waals surface area contributed by atoms with Crippen LogP contribution in [0, 0.1) is 0 Å². The first-order chi connectivity index (χ1) is 10.8. The smallest absolute Gasteiger partial charge is 0.326 e. The number of amides is 3. The lowest BCUT2D eigenvalue weighted by Crippen LogP contribution is -2.34. The zero-order valence-electron chi connectivity index (χ0n) is 13.9. The lowest BCUT2D eigenvalue weighted by Gasteiger charge is -2.19. The molecule has 2 aromatic carbocycles. The van der Waals surface area contributed by atoms with Crippen molar-refractivity contribution in [1.82, 2.24) is 5.32 Å². The second kappa shape index (κ2) is 7.84. The monoisotopic (exact) mass is 347 g/mol. The standard InChI is InChI=1S/C18H21N3O2.ClH/c1-18(2,3)13-6-4-12(5-7-13)16(22)21-17(23)20-15-10-8-14(19)9-11-15;/h4-11H,19H2,1-3H3,(H2,20,21,22,23);1H. The molecule has 0 radical (unpaired) electrons. The van der Waals surface area contributed by atoms with Crippen LogP contribution in [0.3, 0.4) is 0 Å². The minimum absolute atomic E-state index is 0. The summed E-state index contributed by atoms with van der Waals surface area (Å²) in [6.07, 6.45) is 0. The van der Waals surface area contributed by atoms with Gasteiger partial charge in [-0.2, -0.15) is 0 Å². The van der Waals surface area contributed by atoms with E-state index in [1.54, 1.807) is 36.4 Å².